The van der Waals surface area contributed by atoms with Gasteiger partial charge >= 0.3 is 6.18 Å². The van der Waals surface area contributed by atoms with Crippen molar-refractivity contribution in [3.8, 4) is 11.5 Å². The SMILES string of the molecule is COc1cc(CCC(=O)N2CCC(Cc3cccc(F)c3)CC2)ccc1OCC(F)(F)F. The summed E-state index contributed by atoms with van der Waals surface area (Å²) in [5.41, 5.74) is 1.77. The number of benzene rings is 2. The second kappa shape index (κ2) is 10.7. The van der Waals surface area contributed by atoms with Crippen molar-refractivity contribution in [1.29, 1.82) is 0 Å². The first-order valence-corrected chi connectivity index (χ1v) is 10.6. The number of rotatable bonds is 8. The molecule has 0 N–H and O–H groups in total. The molecule has 1 aliphatic heterocycles. The summed E-state index contributed by atoms with van der Waals surface area (Å²) in [6.45, 7) is -0.0466. The van der Waals surface area contributed by atoms with Gasteiger partial charge in [-0.1, -0.05) is 18.2 Å². The third kappa shape index (κ3) is 7.14. The average molecular weight is 453 g/mol. The molecule has 1 saturated heterocycles. The van der Waals surface area contributed by atoms with Crippen LogP contribution in [-0.2, 0) is 17.6 Å². The van der Waals surface area contributed by atoms with E-state index in [-0.39, 0.29) is 23.2 Å². The van der Waals surface area contributed by atoms with Crippen LogP contribution in [0.3, 0.4) is 0 Å². The summed E-state index contributed by atoms with van der Waals surface area (Å²) >= 11 is 0. The van der Waals surface area contributed by atoms with Gasteiger partial charge < -0.3 is 14.4 Å². The molecule has 3 rings (SSSR count). The molecule has 32 heavy (non-hydrogen) atoms. The van der Waals surface area contributed by atoms with Gasteiger partial charge in [-0.15, -0.1) is 0 Å². The fourth-order valence-corrected chi connectivity index (χ4v) is 3.94. The molecule has 0 spiro atoms. The van der Waals surface area contributed by atoms with Crippen LogP contribution in [0.25, 0.3) is 0 Å². The van der Waals surface area contributed by atoms with Crippen molar-refractivity contribution in [1.82, 2.24) is 4.90 Å². The van der Waals surface area contributed by atoms with Crippen molar-refractivity contribution in [3.05, 3.63) is 59.4 Å². The molecule has 2 aromatic rings. The minimum atomic E-state index is -4.43. The lowest BCUT2D eigenvalue weighted by atomic mass is 9.90. The maximum Gasteiger partial charge on any atom is 0.422 e. The Labute approximate surface area is 185 Å². The summed E-state index contributed by atoms with van der Waals surface area (Å²) in [7, 11) is 1.36. The summed E-state index contributed by atoms with van der Waals surface area (Å²) in [5, 5.41) is 0. The Bertz CT molecular complexity index is 908. The molecule has 0 radical (unpaired) electrons. The highest BCUT2D eigenvalue weighted by Crippen LogP contribution is 2.30. The van der Waals surface area contributed by atoms with Gasteiger partial charge in [-0.3, -0.25) is 4.79 Å². The number of likely N-dealkylation sites (tertiary alicyclic amines) is 1. The first kappa shape index (κ1) is 23.9. The number of hydrogen-bond acceptors (Lipinski definition) is 3. The van der Waals surface area contributed by atoms with E-state index in [4.69, 9.17) is 9.47 Å². The van der Waals surface area contributed by atoms with Crippen LogP contribution in [0.5, 0.6) is 11.5 Å². The van der Waals surface area contributed by atoms with Gasteiger partial charge in [0, 0.05) is 19.5 Å². The Kier molecular flexibility index (Phi) is 7.99. The molecular formula is C24H27F4NO3. The molecule has 0 unspecified atom stereocenters. The number of methoxy groups -OCH3 is 1. The molecule has 0 aliphatic carbocycles. The average Bonchev–Trinajstić information content (AvgIpc) is 2.76. The van der Waals surface area contributed by atoms with E-state index in [9.17, 15) is 22.4 Å². The Morgan fingerprint density at radius 3 is 2.47 bits per heavy atom. The van der Waals surface area contributed by atoms with Crippen molar-refractivity contribution >= 4 is 5.91 Å². The van der Waals surface area contributed by atoms with Crippen molar-refractivity contribution < 1.29 is 31.8 Å². The molecule has 0 saturated carbocycles. The van der Waals surface area contributed by atoms with Crippen LogP contribution in [0.15, 0.2) is 42.5 Å². The number of carbonyl (C=O) groups excluding carboxylic acids is 1. The number of carbonyl (C=O) groups is 1. The second-order valence-corrected chi connectivity index (χ2v) is 8.05. The van der Waals surface area contributed by atoms with Crippen LogP contribution in [0, 0.1) is 11.7 Å². The number of nitrogens with zero attached hydrogens (tertiary/aromatic N) is 1. The molecule has 4 nitrogen and oxygen atoms in total. The Balaban J connectivity index is 1.46. The lowest BCUT2D eigenvalue weighted by Crippen LogP contribution is -2.39. The zero-order valence-corrected chi connectivity index (χ0v) is 18.0. The lowest BCUT2D eigenvalue weighted by molar-refractivity contribution is -0.153. The smallest absolute Gasteiger partial charge is 0.422 e. The van der Waals surface area contributed by atoms with E-state index in [0.29, 0.717) is 31.8 Å². The van der Waals surface area contributed by atoms with Crippen molar-refractivity contribution in [2.75, 3.05) is 26.8 Å². The third-order valence-corrected chi connectivity index (χ3v) is 5.63. The van der Waals surface area contributed by atoms with Crippen molar-refractivity contribution in [2.24, 2.45) is 5.92 Å². The van der Waals surface area contributed by atoms with Crippen LogP contribution in [0.4, 0.5) is 17.6 Å². The van der Waals surface area contributed by atoms with E-state index >= 15 is 0 Å². The minimum Gasteiger partial charge on any atom is -0.493 e. The third-order valence-electron chi connectivity index (χ3n) is 5.63. The number of ether oxygens (including phenoxy) is 2. The van der Waals surface area contributed by atoms with Gasteiger partial charge in [0.1, 0.15) is 5.82 Å². The van der Waals surface area contributed by atoms with Gasteiger partial charge in [0.15, 0.2) is 18.1 Å². The largest absolute Gasteiger partial charge is 0.493 e. The normalized spacial score (nSPS) is 15.0. The lowest BCUT2D eigenvalue weighted by Gasteiger charge is -2.32. The van der Waals surface area contributed by atoms with E-state index in [1.54, 1.807) is 24.3 Å². The Morgan fingerprint density at radius 1 is 1.06 bits per heavy atom. The highest BCUT2D eigenvalue weighted by atomic mass is 19.4. The molecule has 0 bridgehead atoms. The summed E-state index contributed by atoms with van der Waals surface area (Å²) in [4.78, 5) is 14.5. The highest BCUT2D eigenvalue weighted by Gasteiger charge is 2.29. The van der Waals surface area contributed by atoms with Crippen molar-refractivity contribution in [3.63, 3.8) is 0 Å². The fourth-order valence-electron chi connectivity index (χ4n) is 3.94. The number of piperidine rings is 1. The molecule has 1 aliphatic rings. The van der Waals surface area contributed by atoms with E-state index in [0.717, 1.165) is 30.4 Å². The van der Waals surface area contributed by atoms with E-state index in [2.05, 4.69) is 0 Å². The summed E-state index contributed by atoms with van der Waals surface area (Å²) in [5.74, 6) is 0.462. The first-order valence-electron chi connectivity index (χ1n) is 10.6. The molecular weight excluding hydrogens is 426 g/mol. The first-order chi connectivity index (χ1) is 15.2. The maximum atomic E-state index is 13.4. The van der Waals surface area contributed by atoms with Gasteiger partial charge in [-0.2, -0.15) is 13.2 Å². The fraction of sp³-hybridized carbons (Fsp3) is 0.458. The number of hydrogen-bond donors (Lipinski definition) is 0. The molecule has 2 aromatic carbocycles. The Hall–Kier alpha value is -2.77. The molecule has 0 aromatic heterocycles. The monoisotopic (exact) mass is 453 g/mol. The summed E-state index contributed by atoms with van der Waals surface area (Å²) < 4.78 is 60.4. The van der Waals surface area contributed by atoms with Gasteiger partial charge in [-0.05, 0) is 67.0 Å². The van der Waals surface area contributed by atoms with Crippen LogP contribution < -0.4 is 9.47 Å². The molecule has 1 fully saturated rings. The van der Waals surface area contributed by atoms with Crippen LogP contribution in [-0.4, -0.2) is 43.8 Å². The zero-order chi connectivity index (χ0) is 23.1. The standard InChI is InChI=1S/C24H27F4NO3/c1-31-22-15-17(5-7-21(22)32-16-24(26,27)28)6-8-23(30)29-11-9-18(10-12-29)13-19-3-2-4-20(25)14-19/h2-5,7,14-15,18H,6,8-13,16H2,1H3. The molecule has 1 amide bonds. The molecule has 8 heteroatoms. The van der Waals surface area contributed by atoms with E-state index in [1.165, 1.54) is 19.2 Å². The predicted molar refractivity (Wildman–Crippen MR) is 112 cm³/mol. The summed E-state index contributed by atoms with van der Waals surface area (Å²) in [6, 6.07) is 11.3. The zero-order valence-electron chi connectivity index (χ0n) is 18.0. The van der Waals surface area contributed by atoms with E-state index in [1.807, 2.05) is 11.0 Å². The van der Waals surface area contributed by atoms with Crippen molar-refractivity contribution in [2.45, 2.75) is 38.3 Å². The quantitative estimate of drug-likeness (QED) is 0.517. The number of halogens is 4. The number of alkyl halides is 3. The number of amides is 1. The van der Waals surface area contributed by atoms with Crippen LogP contribution in [0.1, 0.15) is 30.4 Å². The topological polar surface area (TPSA) is 38.8 Å². The molecule has 1 heterocycles. The predicted octanol–water partition coefficient (Wildman–Crippen LogP) is 5.19. The molecule has 0 atom stereocenters. The van der Waals surface area contributed by atoms with Gasteiger partial charge in [0.05, 0.1) is 7.11 Å². The highest BCUT2D eigenvalue weighted by molar-refractivity contribution is 5.76. The van der Waals surface area contributed by atoms with Crippen LogP contribution >= 0.6 is 0 Å². The van der Waals surface area contributed by atoms with Gasteiger partial charge in [0.25, 0.3) is 0 Å². The van der Waals surface area contributed by atoms with Gasteiger partial charge in [0.2, 0.25) is 5.91 Å². The van der Waals surface area contributed by atoms with E-state index < -0.39 is 12.8 Å². The minimum absolute atomic E-state index is 0.0141. The second-order valence-electron chi connectivity index (χ2n) is 8.05. The number of aryl methyl sites for hydroxylation is 1. The van der Waals surface area contributed by atoms with Crippen LogP contribution in [0.2, 0.25) is 0 Å². The molecule has 174 valence electrons. The maximum absolute atomic E-state index is 13.4. The summed E-state index contributed by atoms with van der Waals surface area (Å²) in [6.07, 6.45) is -1.11. The van der Waals surface area contributed by atoms with Gasteiger partial charge in [-0.25, -0.2) is 4.39 Å². The Morgan fingerprint density at radius 2 is 1.81 bits per heavy atom.